The van der Waals surface area contributed by atoms with Crippen LogP contribution in [0.3, 0.4) is 0 Å². The zero-order chi connectivity index (χ0) is 9.61. The van der Waals surface area contributed by atoms with Crippen LogP contribution >= 0.6 is 12.2 Å². The van der Waals surface area contributed by atoms with Crippen molar-refractivity contribution in [1.29, 1.82) is 0 Å². The smallest absolute Gasteiger partial charge is 0.419 e. The quantitative estimate of drug-likeness (QED) is 0.235. The van der Waals surface area contributed by atoms with Gasteiger partial charge in [-0.1, -0.05) is 5.04 Å². The highest BCUT2D eigenvalue weighted by Gasteiger charge is 2.15. The summed E-state index contributed by atoms with van der Waals surface area (Å²) in [5.41, 5.74) is -0.565. The molecule has 1 amide bonds. The average molecular weight is 197 g/mol. The third-order valence-corrected chi connectivity index (χ3v) is 0.967. The van der Waals surface area contributed by atoms with Crippen LogP contribution in [-0.4, -0.2) is 17.0 Å². The van der Waals surface area contributed by atoms with Gasteiger partial charge in [-0.25, -0.2) is 14.8 Å². The van der Waals surface area contributed by atoms with Gasteiger partial charge in [-0.15, -0.1) is 4.33 Å². The van der Waals surface area contributed by atoms with Gasteiger partial charge in [0.25, 0.3) is 0 Å². The molecule has 0 spiro atoms. The van der Waals surface area contributed by atoms with Gasteiger partial charge in [0.1, 0.15) is 5.60 Å². The fourth-order valence-corrected chi connectivity index (χ4v) is 0.539. The largest absolute Gasteiger partial charge is 0.443 e. The number of hydrogen-bond acceptors (Lipinski definition) is 6. The Bertz CT molecular complexity index is 145. The van der Waals surface area contributed by atoms with Crippen molar-refractivity contribution in [2.75, 3.05) is 0 Å². The van der Waals surface area contributed by atoms with E-state index in [0.717, 1.165) is 0 Å². The molecule has 0 rings (SSSR count). The van der Waals surface area contributed by atoms with Crippen LogP contribution in [0.4, 0.5) is 4.79 Å². The minimum Gasteiger partial charge on any atom is -0.443 e. The lowest BCUT2D eigenvalue weighted by Crippen LogP contribution is -2.29. The number of ether oxygens (including phenoxy) is 1. The van der Waals surface area contributed by atoms with Crippen molar-refractivity contribution in [1.82, 2.24) is 4.72 Å². The molecule has 0 saturated carbocycles. The second kappa shape index (κ2) is 5.20. The summed E-state index contributed by atoms with van der Waals surface area (Å²) < 4.78 is 10.8. The summed E-state index contributed by atoms with van der Waals surface area (Å²) in [6, 6.07) is 0. The molecule has 0 unspecified atom stereocenters. The number of amides is 1. The van der Waals surface area contributed by atoms with Crippen molar-refractivity contribution in [2.24, 2.45) is 0 Å². The molecule has 12 heavy (non-hydrogen) atoms. The molecule has 0 atom stereocenters. The minimum atomic E-state index is -0.676. The molecule has 6 nitrogen and oxygen atoms in total. The Hall–Kier alpha value is -0.500. The van der Waals surface area contributed by atoms with E-state index in [9.17, 15) is 4.79 Å². The number of rotatable bonds is 3. The summed E-state index contributed by atoms with van der Waals surface area (Å²) >= 11 is 0.405. The van der Waals surface area contributed by atoms with E-state index in [1.807, 2.05) is 0 Å². The summed E-state index contributed by atoms with van der Waals surface area (Å²) in [7, 11) is 0. The van der Waals surface area contributed by atoms with Gasteiger partial charge < -0.3 is 4.74 Å². The third-order valence-electron chi connectivity index (χ3n) is 0.588. The van der Waals surface area contributed by atoms with Gasteiger partial charge in [0.15, 0.2) is 12.2 Å². The standard InChI is InChI=1S/C5H11NO5S/c1-5(2,3)9-4(7)6-12-11-10-8/h8H,1-3H3,(H,6,7). The van der Waals surface area contributed by atoms with Crippen molar-refractivity contribution in [3.05, 3.63) is 0 Å². The number of hydrogen-bond donors (Lipinski definition) is 2. The van der Waals surface area contributed by atoms with E-state index >= 15 is 0 Å². The van der Waals surface area contributed by atoms with Crippen molar-refractivity contribution in [3.8, 4) is 0 Å². The first-order valence-electron chi connectivity index (χ1n) is 3.08. The first-order chi connectivity index (χ1) is 5.45. The van der Waals surface area contributed by atoms with Crippen molar-refractivity contribution in [2.45, 2.75) is 26.4 Å². The molecule has 0 heterocycles. The first-order valence-corrected chi connectivity index (χ1v) is 3.82. The number of carbonyl (C=O) groups is 1. The van der Waals surface area contributed by atoms with Gasteiger partial charge >= 0.3 is 6.09 Å². The molecule has 0 aromatic carbocycles. The monoisotopic (exact) mass is 197 g/mol. The Morgan fingerprint density at radius 1 is 1.50 bits per heavy atom. The van der Waals surface area contributed by atoms with Gasteiger partial charge in [0.2, 0.25) is 0 Å². The number of carbonyl (C=O) groups excluding carboxylic acids is 1. The second-order valence-corrected chi connectivity index (χ2v) is 3.34. The van der Waals surface area contributed by atoms with E-state index in [1.165, 1.54) is 0 Å². The minimum absolute atomic E-state index is 0.405. The Kier molecular flexibility index (Phi) is 4.98. The Labute approximate surface area is 74.4 Å². The van der Waals surface area contributed by atoms with Gasteiger partial charge in [0, 0.05) is 0 Å². The summed E-state index contributed by atoms with van der Waals surface area (Å²) in [6.45, 7) is 5.17. The fourth-order valence-electron chi connectivity index (χ4n) is 0.365. The summed E-state index contributed by atoms with van der Waals surface area (Å²) in [5.74, 6) is 0. The van der Waals surface area contributed by atoms with E-state index in [-0.39, 0.29) is 0 Å². The van der Waals surface area contributed by atoms with Crippen molar-refractivity contribution >= 4 is 18.3 Å². The van der Waals surface area contributed by atoms with Crippen molar-refractivity contribution in [3.63, 3.8) is 0 Å². The number of nitrogens with one attached hydrogen (secondary N) is 1. The van der Waals surface area contributed by atoms with Crippen LogP contribution in [0.5, 0.6) is 0 Å². The van der Waals surface area contributed by atoms with Crippen LogP contribution in [-0.2, 0) is 14.1 Å². The summed E-state index contributed by atoms with van der Waals surface area (Å²) in [4.78, 5) is 10.8. The molecule has 0 aromatic rings. The van der Waals surface area contributed by atoms with E-state index in [1.54, 1.807) is 20.8 Å². The normalized spacial score (nSPS) is 11.0. The van der Waals surface area contributed by atoms with Crippen LogP contribution in [0.15, 0.2) is 0 Å². The maximum Gasteiger partial charge on any atom is 0.419 e. The first kappa shape index (κ1) is 11.5. The molecule has 0 fully saturated rings. The molecule has 2 N–H and O–H groups in total. The van der Waals surface area contributed by atoms with Gasteiger partial charge in [-0.05, 0) is 20.8 Å². The van der Waals surface area contributed by atoms with Crippen LogP contribution in [0.1, 0.15) is 20.8 Å². The van der Waals surface area contributed by atoms with Crippen molar-refractivity contribution < 1.29 is 24.2 Å². The van der Waals surface area contributed by atoms with Crippen LogP contribution in [0, 0.1) is 0 Å². The molecular weight excluding hydrogens is 186 g/mol. The highest BCUT2D eigenvalue weighted by molar-refractivity contribution is 7.93. The zero-order valence-electron chi connectivity index (χ0n) is 6.99. The molecule has 0 aliphatic rings. The van der Waals surface area contributed by atoms with Gasteiger partial charge in [-0.3, -0.25) is 0 Å². The Balaban J connectivity index is 3.47. The molecule has 7 heteroatoms. The Morgan fingerprint density at radius 3 is 2.50 bits per heavy atom. The highest BCUT2D eigenvalue weighted by Crippen LogP contribution is 2.07. The lowest BCUT2D eigenvalue weighted by Gasteiger charge is -2.18. The lowest BCUT2D eigenvalue weighted by atomic mass is 10.2. The second-order valence-electron chi connectivity index (χ2n) is 2.83. The SMILES string of the molecule is CC(C)(C)OC(=O)NSOOO. The topological polar surface area (TPSA) is 77.0 Å². The highest BCUT2D eigenvalue weighted by atomic mass is 32.2. The maximum atomic E-state index is 10.8. The van der Waals surface area contributed by atoms with Gasteiger partial charge in [-0.2, -0.15) is 0 Å². The van der Waals surface area contributed by atoms with Crippen LogP contribution in [0.2, 0.25) is 0 Å². The summed E-state index contributed by atoms with van der Waals surface area (Å²) in [6.07, 6.45) is -0.676. The molecule has 0 bridgehead atoms. The Morgan fingerprint density at radius 2 is 2.08 bits per heavy atom. The lowest BCUT2D eigenvalue weighted by molar-refractivity contribution is -0.432. The molecule has 0 aliphatic heterocycles. The molecule has 0 radical (unpaired) electrons. The van der Waals surface area contributed by atoms with E-state index in [0.29, 0.717) is 12.2 Å². The molecule has 0 saturated heterocycles. The predicted molar refractivity (Wildman–Crippen MR) is 41.8 cm³/mol. The summed E-state index contributed by atoms with van der Waals surface area (Å²) in [5, 5.41) is 10.9. The van der Waals surface area contributed by atoms with E-state index < -0.39 is 11.7 Å². The molecule has 0 aromatic heterocycles. The average Bonchev–Trinajstić information content (AvgIpc) is 1.84. The third kappa shape index (κ3) is 7.61. The van der Waals surface area contributed by atoms with E-state index in [4.69, 9.17) is 9.99 Å². The van der Waals surface area contributed by atoms with E-state index in [2.05, 4.69) is 14.1 Å². The molecule has 72 valence electrons. The van der Waals surface area contributed by atoms with Gasteiger partial charge in [0.05, 0.1) is 0 Å². The molecule has 0 aliphatic carbocycles. The van der Waals surface area contributed by atoms with Crippen LogP contribution in [0.25, 0.3) is 0 Å². The predicted octanol–water partition coefficient (Wildman–Crippen LogP) is 1.50. The zero-order valence-corrected chi connectivity index (χ0v) is 7.80. The maximum absolute atomic E-state index is 10.8. The fraction of sp³-hybridized carbons (Fsp3) is 0.800. The molecular formula is C5H11NO5S. The van der Waals surface area contributed by atoms with Crippen LogP contribution < -0.4 is 4.72 Å².